The molecule has 0 radical (unpaired) electrons. The Balaban J connectivity index is 0.000000349. The van der Waals surface area contributed by atoms with Gasteiger partial charge in [0.2, 0.25) is 0 Å². The summed E-state index contributed by atoms with van der Waals surface area (Å²) in [6.45, 7) is 5.23. The Bertz CT molecular complexity index is 1220. The highest BCUT2D eigenvalue weighted by Gasteiger charge is 2.37. The number of rotatable bonds is 5. The van der Waals surface area contributed by atoms with Gasteiger partial charge in [0.1, 0.15) is 6.10 Å². The maximum Gasteiger partial charge on any atom is 0.328 e. The summed E-state index contributed by atoms with van der Waals surface area (Å²) in [6, 6.07) is 7.40. The van der Waals surface area contributed by atoms with Gasteiger partial charge in [-0.25, -0.2) is 9.59 Å². The first-order valence-electron chi connectivity index (χ1n) is 13.0. The van der Waals surface area contributed by atoms with Gasteiger partial charge in [0.05, 0.1) is 5.92 Å². The van der Waals surface area contributed by atoms with Crippen molar-refractivity contribution in [1.29, 1.82) is 0 Å². The standard InChI is InChI=1S/C25H32N2O2.C4H4O4/c1-16(2)27-15-17-13-23-21(20-10-7-11-22(27)24(17)20)12-18(14-26(23)3)25(28)29-19-8-5-4-6-9-19;5-3(6)1-2-4(7)8/h7,10-12,15-16,18-19,23H,4-6,8-9,13-14H2,1-3H3;1-2H,(H,5,6)(H,7,8)/b;2-1-/t18-,23-;/m1./s1. The molecule has 2 atom stereocenters. The van der Waals surface area contributed by atoms with Crippen LogP contribution in [-0.2, 0) is 25.5 Å². The van der Waals surface area contributed by atoms with Crippen molar-refractivity contribution in [2.75, 3.05) is 13.6 Å². The molecule has 0 bridgehead atoms. The van der Waals surface area contributed by atoms with Crippen LogP contribution in [-0.4, -0.2) is 63.3 Å². The number of esters is 1. The second kappa shape index (κ2) is 11.3. The minimum absolute atomic E-state index is 0.0348. The number of fused-ring (bicyclic) bond motifs is 2. The second-order valence-electron chi connectivity index (χ2n) is 10.4. The first kappa shape index (κ1) is 26.7. The first-order valence-corrected chi connectivity index (χ1v) is 13.0. The van der Waals surface area contributed by atoms with Gasteiger partial charge in [-0.1, -0.05) is 24.6 Å². The van der Waals surface area contributed by atoms with Gasteiger partial charge in [-0.2, -0.15) is 0 Å². The predicted molar refractivity (Wildman–Crippen MR) is 141 cm³/mol. The lowest BCUT2D eigenvalue weighted by atomic mass is 9.80. The Morgan fingerprint density at radius 2 is 1.73 bits per heavy atom. The number of hydrogen-bond acceptors (Lipinski definition) is 5. The number of carboxylic acid groups (broad SMARTS) is 2. The van der Waals surface area contributed by atoms with E-state index in [1.165, 1.54) is 46.9 Å². The number of aliphatic carboxylic acids is 2. The smallest absolute Gasteiger partial charge is 0.328 e. The maximum atomic E-state index is 13.0. The molecule has 1 aromatic heterocycles. The average molecular weight is 509 g/mol. The molecule has 2 N–H and O–H groups in total. The van der Waals surface area contributed by atoms with Crippen LogP contribution in [0.2, 0.25) is 0 Å². The normalized spacial score (nSPS) is 21.8. The van der Waals surface area contributed by atoms with Gasteiger partial charge in [-0.05, 0) is 75.8 Å². The summed E-state index contributed by atoms with van der Waals surface area (Å²) in [6.07, 6.45) is 12.5. The summed E-state index contributed by atoms with van der Waals surface area (Å²) < 4.78 is 8.31. The predicted octanol–water partition coefficient (Wildman–Crippen LogP) is 4.68. The van der Waals surface area contributed by atoms with Crippen LogP contribution in [0.25, 0.3) is 16.5 Å². The van der Waals surface area contributed by atoms with E-state index in [0.717, 1.165) is 25.8 Å². The van der Waals surface area contributed by atoms with Gasteiger partial charge in [0.25, 0.3) is 0 Å². The monoisotopic (exact) mass is 508 g/mol. The molecule has 5 rings (SSSR count). The molecular formula is C29H36N2O6. The van der Waals surface area contributed by atoms with Gasteiger partial charge in [-0.15, -0.1) is 0 Å². The molecule has 8 nitrogen and oxygen atoms in total. The van der Waals surface area contributed by atoms with E-state index in [2.05, 4.69) is 60.8 Å². The van der Waals surface area contributed by atoms with Crippen LogP contribution in [0.4, 0.5) is 0 Å². The summed E-state index contributed by atoms with van der Waals surface area (Å²) >= 11 is 0. The van der Waals surface area contributed by atoms with Gasteiger partial charge in [-0.3, -0.25) is 9.69 Å². The van der Waals surface area contributed by atoms with Crippen LogP contribution in [0.15, 0.2) is 42.6 Å². The number of ether oxygens (including phenoxy) is 1. The highest BCUT2D eigenvalue weighted by Crippen LogP contribution is 2.42. The highest BCUT2D eigenvalue weighted by atomic mass is 16.5. The lowest BCUT2D eigenvalue weighted by molar-refractivity contribution is -0.154. The molecule has 1 saturated carbocycles. The van der Waals surface area contributed by atoms with Crippen molar-refractivity contribution in [3.8, 4) is 0 Å². The molecule has 8 heteroatoms. The van der Waals surface area contributed by atoms with Crippen molar-refractivity contribution < 1.29 is 29.3 Å². The molecule has 2 heterocycles. The highest BCUT2D eigenvalue weighted by molar-refractivity contribution is 5.99. The number of aromatic nitrogens is 1. The molecule has 0 spiro atoms. The SMILES string of the molecule is CC(C)n1cc2c3c(cccc31)C1=C[C@@H](C(=O)OC3CCCCC3)CN(C)[C@@H]1C2.O=C(O)/C=C\C(=O)O. The number of hydrogen-bond donors (Lipinski definition) is 2. The van der Waals surface area contributed by atoms with E-state index in [1.54, 1.807) is 0 Å². The number of nitrogens with zero attached hydrogens (tertiary/aromatic N) is 2. The quantitative estimate of drug-likeness (QED) is 0.446. The molecule has 1 aromatic carbocycles. The fraction of sp³-hybridized carbons (Fsp3) is 0.483. The topological polar surface area (TPSA) is 109 Å². The first-order chi connectivity index (χ1) is 17.7. The van der Waals surface area contributed by atoms with Gasteiger partial charge >= 0.3 is 17.9 Å². The Labute approximate surface area is 217 Å². The van der Waals surface area contributed by atoms with Crippen molar-refractivity contribution in [1.82, 2.24) is 9.47 Å². The van der Waals surface area contributed by atoms with E-state index in [4.69, 9.17) is 14.9 Å². The van der Waals surface area contributed by atoms with Gasteiger partial charge in [0.15, 0.2) is 0 Å². The van der Waals surface area contributed by atoms with Crippen LogP contribution in [0.1, 0.15) is 63.1 Å². The second-order valence-corrected chi connectivity index (χ2v) is 10.4. The summed E-state index contributed by atoms with van der Waals surface area (Å²) in [4.78, 5) is 34.4. The van der Waals surface area contributed by atoms with Crippen LogP contribution < -0.4 is 0 Å². The fourth-order valence-electron chi connectivity index (χ4n) is 5.74. The van der Waals surface area contributed by atoms with Crippen LogP contribution >= 0.6 is 0 Å². The molecule has 3 aliphatic rings. The van der Waals surface area contributed by atoms with Crippen molar-refractivity contribution in [3.63, 3.8) is 0 Å². The molecule has 2 aliphatic carbocycles. The molecule has 1 fully saturated rings. The third-order valence-electron chi connectivity index (χ3n) is 7.48. The van der Waals surface area contributed by atoms with Crippen LogP contribution in [0.5, 0.6) is 0 Å². The van der Waals surface area contributed by atoms with Crippen molar-refractivity contribution in [3.05, 3.63) is 53.8 Å². The summed E-state index contributed by atoms with van der Waals surface area (Å²) in [5.74, 6) is -2.72. The van der Waals surface area contributed by atoms with Crippen molar-refractivity contribution >= 4 is 34.4 Å². The summed E-state index contributed by atoms with van der Waals surface area (Å²) in [5, 5.41) is 17.0. The van der Waals surface area contributed by atoms with Crippen molar-refractivity contribution in [2.24, 2.45) is 5.92 Å². The molecule has 0 saturated heterocycles. The number of carbonyl (C=O) groups excluding carboxylic acids is 1. The number of benzene rings is 1. The molecule has 0 unspecified atom stereocenters. The van der Waals surface area contributed by atoms with E-state index in [0.29, 0.717) is 24.2 Å². The lowest BCUT2D eigenvalue weighted by Gasteiger charge is -2.39. The Morgan fingerprint density at radius 1 is 1.05 bits per heavy atom. The largest absolute Gasteiger partial charge is 0.478 e. The third kappa shape index (κ3) is 5.96. The zero-order chi connectivity index (χ0) is 26.7. The Hall–Kier alpha value is -3.39. The number of likely N-dealkylation sites (N-methyl/N-ethyl adjacent to an activating group) is 1. The maximum absolute atomic E-state index is 13.0. The molecular weight excluding hydrogens is 472 g/mol. The van der Waals surface area contributed by atoms with E-state index >= 15 is 0 Å². The average Bonchev–Trinajstić information content (AvgIpc) is 3.24. The van der Waals surface area contributed by atoms with Gasteiger partial charge in [0, 0.05) is 47.9 Å². The zero-order valence-electron chi connectivity index (χ0n) is 21.7. The van der Waals surface area contributed by atoms with Crippen molar-refractivity contribution in [2.45, 2.75) is 70.6 Å². The molecule has 1 aliphatic heterocycles. The Morgan fingerprint density at radius 3 is 2.35 bits per heavy atom. The third-order valence-corrected chi connectivity index (χ3v) is 7.48. The van der Waals surface area contributed by atoms with Crippen LogP contribution in [0.3, 0.4) is 0 Å². The molecule has 2 aromatic rings. The number of carbonyl (C=O) groups is 3. The van der Waals surface area contributed by atoms with E-state index in [1.807, 2.05) is 0 Å². The lowest BCUT2D eigenvalue weighted by Crippen LogP contribution is -2.45. The Kier molecular flexibility index (Phi) is 8.17. The summed E-state index contributed by atoms with van der Waals surface area (Å²) in [5.41, 5.74) is 5.35. The molecule has 198 valence electrons. The molecule has 0 amide bonds. The summed E-state index contributed by atoms with van der Waals surface area (Å²) in [7, 11) is 2.16. The fourth-order valence-corrected chi connectivity index (χ4v) is 5.74. The minimum atomic E-state index is -1.26. The van der Waals surface area contributed by atoms with E-state index in [9.17, 15) is 14.4 Å². The van der Waals surface area contributed by atoms with E-state index in [-0.39, 0.29) is 18.0 Å². The zero-order valence-corrected chi connectivity index (χ0v) is 21.7. The number of carboxylic acids is 2. The van der Waals surface area contributed by atoms with E-state index < -0.39 is 11.9 Å². The molecule has 37 heavy (non-hydrogen) atoms. The van der Waals surface area contributed by atoms with Crippen LogP contribution in [0, 0.1) is 5.92 Å². The minimum Gasteiger partial charge on any atom is -0.478 e. The van der Waals surface area contributed by atoms with Gasteiger partial charge < -0.3 is 19.5 Å².